The van der Waals surface area contributed by atoms with Gasteiger partial charge in [0.2, 0.25) is 5.91 Å². The lowest BCUT2D eigenvalue weighted by Crippen LogP contribution is -2.46. The summed E-state index contributed by atoms with van der Waals surface area (Å²) in [6, 6.07) is 32.6. The number of nitrogens with zero attached hydrogens (tertiary/aromatic N) is 2. The third-order valence-electron chi connectivity index (χ3n) is 7.55. The van der Waals surface area contributed by atoms with Crippen LogP contribution in [0.15, 0.2) is 102 Å². The third kappa shape index (κ3) is 4.73. The molecule has 38 heavy (non-hydrogen) atoms. The highest BCUT2D eigenvalue weighted by atomic mass is 79.9. The van der Waals surface area contributed by atoms with Crippen LogP contribution in [0.2, 0.25) is 0 Å². The molecule has 0 radical (unpaired) electrons. The molecule has 1 unspecified atom stereocenters. The van der Waals surface area contributed by atoms with Crippen molar-refractivity contribution in [2.24, 2.45) is 5.41 Å². The fourth-order valence-corrected chi connectivity index (χ4v) is 5.81. The van der Waals surface area contributed by atoms with Gasteiger partial charge in [-0.1, -0.05) is 94.8 Å². The van der Waals surface area contributed by atoms with E-state index in [1.165, 1.54) is 5.57 Å². The lowest BCUT2D eigenvalue weighted by atomic mass is 9.68. The highest BCUT2D eigenvalue weighted by Gasteiger charge is 2.47. The molecule has 0 saturated carbocycles. The zero-order valence-electron chi connectivity index (χ0n) is 21.5. The molecular formula is C33H29BrN2O2. The minimum Gasteiger partial charge on any atom is -0.496 e. The van der Waals surface area contributed by atoms with Crippen LogP contribution in [0.5, 0.6) is 5.75 Å². The van der Waals surface area contributed by atoms with Crippen molar-refractivity contribution in [1.29, 1.82) is 5.26 Å². The Kier molecular flexibility index (Phi) is 7.35. The van der Waals surface area contributed by atoms with E-state index in [2.05, 4.69) is 58.4 Å². The molecule has 1 heterocycles. The summed E-state index contributed by atoms with van der Waals surface area (Å²) in [4.78, 5) is 16.1. The molecule has 4 aromatic carbocycles. The maximum absolute atomic E-state index is 14.3. The summed E-state index contributed by atoms with van der Waals surface area (Å²) in [6.45, 7) is 2.81. The first-order valence-corrected chi connectivity index (χ1v) is 13.5. The fraction of sp³-hybridized carbons (Fsp3) is 0.212. The van der Waals surface area contributed by atoms with Crippen LogP contribution in [0, 0.1) is 16.7 Å². The van der Waals surface area contributed by atoms with Gasteiger partial charge in [-0.3, -0.25) is 4.79 Å². The van der Waals surface area contributed by atoms with Gasteiger partial charge in [0.25, 0.3) is 0 Å². The molecular weight excluding hydrogens is 536 g/mol. The number of hydrogen-bond acceptors (Lipinski definition) is 3. The number of halogens is 1. The van der Waals surface area contributed by atoms with Gasteiger partial charge in [0.15, 0.2) is 0 Å². The topological polar surface area (TPSA) is 53.3 Å². The number of methoxy groups -OCH3 is 1. The minimum absolute atomic E-state index is 0.171. The number of rotatable bonds is 6. The van der Waals surface area contributed by atoms with E-state index in [0.29, 0.717) is 18.8 Å². The maximum Gasteiger partial charge on any atom is 0.244 e. The second-order valence-electron chi connectivity index (χ2n) is 9.79. The Balaban J connectivity index is 1.58. The van der Waals surface area contributed by atoms with Crippen LogP contribution < -0.4 is 4.74 Å². The van der Waals surface area contributed by atoms with Crippen molar-refractivity contribution in [2.45, 2.75) is 19.3 Å². The second kappa shape index (κ2) is 10.8. The summed E-state index contributed by atoms with van der Waals surface area (Å²) in [5, 5.41) is 12.8. The Morgan fingerprint density at radius 1 is 0.974 bits per heavy atom. The number of carbonyl (C=O) groups excluding carboxylic acids is 1. The van der Waals surface area contributed by atoms with Crippen LogP contribution in [-0.4, -0.2) is 31.0 Å². The van der Waals surface area contributed by atoms with Crippen LogP contribution in [0.1, 0.15) is 36.0 Å². The number of benzene rings is 4. The summed E-state index contributed by atoms with van der Waals surface area (Å²) < 4.78 is 6.79. The summed E-state index contributed by atoms with van der Waals surface area (Å²) in [5.41, 5.74) is 2.78. The summed E-state index contributed by atoms with van der Waals surface area (Å²) in [6.07, 6.45) is 2.85. The molecule has 4 aromatic rings. The predicted molar refractivity (Wildman–Crippen MR) is 156 cm³/mol. The molecule has 0 saturated heterocycles. The van der Waals surface area contributed by atoms with Crippen LogP contribution in [-0.2, 0) is 4.79 Å². The van der Waals surface area contributed by atoms with Gasteiger partial charge in [0.1, 0.15) is 11.2 Å². The Hall–Kier alpha value is -3.88. The molecule has 0 bridgehead atoms. The van der Waals surface area contributed by atoms with Gasteiger partial charge in [-0.15, -0.1) is 0 Å². The van der Waals surface area contributed by atoms with Crippen molar-refractivity contribution >= 4 is 38.2 Å². The van der Waals surface area contributed by atoms with E-state index < -0.39 is 11.3 Å². The number of carbonyl (C=O) groups is 1. The zero-order chi connectivity index (χ0) is 26.7. The molecule has 0 aliphatic carbocycles. The van der Waals surface area contributed by atoms with Crippen LogP contribution in [0.3, 0.4) is 0 Å². The van der Waals surface area contributed by atoms with E-state index in [1.807, 2.05) is 65.6 Å². The number of ether oxygens (including phenoxy) is 1. The SMILES string of the molecule is COc1ccccc1C(c1cccc2ccccc12)[C@@](C)(C#N)C(=O)N1CC=C(c2ccc(Br)cc2)CC1. The maximum atomic E-state index is 14.3. The first kappa shape index (κ1) is 25.8. The number of hydrogen-bond donors (Lipinski definition) is 0. The molecule has 0 aromatic heterocycles. The smallest absolute Gasteiger partial charge is 0.244 e. The molecule has 1 aliphatic heterocycles. The highest BCUT2D eigenvalue weighted by molar-refractivity contribution is 9.10. The standard InChI is InChI=1S/C33H29BrN2O2/c1-33(22-35,32(37)36-20-18-24(19-21-36)23-14-16-26(34)17-15-23)31(29-11-5-6-13-30(29)38-2)28-12-7-9-25-8-3-4-10-27(25)28/h3-18,31H,19-21H2,1-2H3/t31?,33-/m1/s1. The number of fused-ring (bicyclic) bond motifs is 1. The molecule has 5 rings (SSSR count). The van der Waals surface area contributed by atoms with Gasteiger partial charge < -0.3 is 9.64 Å². The summed E-state index contributed by atoms with van der Waals surface area (Å²) in [7, 11) is 1.63. The van der Waals surface area contributed by atoms with Gasteiger partial charge in [-0.25, -0.2) is 0 Å². The van der Waals surface area contributed by atoms with Crippen molar-refractivity contribution in [2.75, 3.05) is 20.2 Å². The molecule has 1 amide bonds. The van der Waals surface area contributed by atoms with E-state index in [0.717, 1.165) is 38.4 Å². The third-order valence-corrected chi connectivity index (χ3v) is 8.08. The molecule has 5 heteroatoms. The van der Waals surface area contributed by atoms with Crippen LogP contribution in [0.25, 0.3) is 16.3 Å². The molecule has 190 valence electrons. The van der Waals surface area contributed by atoms with E-state index in [-0.39, 0.29) is 5.91 Å². The van der Waals surface area contributed by atoms with Gasteiger partial charge >= 0.3 is 0 Å². The Labute approximate surface area is 232 Å². The lowest BCUT2D eigenvalue weighted by molar-refractivity contribution is -0.138. The highest BCUT2D eigenvalue weighted by Crippen LogP contribution is 2.47. The molecule has 1 aliphatic rings. The van der Waals surface area contributed by atoms with Gasteiger partial charge in [-0.05, 0) is 59.0 Å². The van der Waals surface area contributed by atoms with Gasteiger partial charge in [0.05, 0.1) is 13.2 Å². The number of amides is 1. The first-order chi connectivity index (χ1) is 18.5. The molecule has 2 atom stereocenters. The molecule has 0 N–H and O–H groups in total. The Bertz CT molecular complexity index is 1550. The van der Waals surface area contributed by atoms with Crippen molar-refractivity contribution in [3.63, 3.8) is 0 Å². The number of para-hydroxylation sites is 1. The minimum atomic E-state index is -1.36. The largest absolute Gasteiger partial charge is 0.496 e. The molecule has 0 spiro atoms. The molecule has 0 fully saturated rings. The van der Waals surface area contributed by atoms with Crippen molar-refractivity contribution < 1.29 is 9.53 Å². The van der Waals surface area contributed by atoms with E-state index >= 15 is 0 Å². The van der Waals surface area contributed by atoms with Gasteiger partial charge in [-0.2, -0.15) is 5.26 Å². The Morgan fingerprint density at radius 3 is 2.37 bits per heavy atom. The summed E-state index contributed by atoms with van der Waals surface area (Å²) in [5.74, 6) is -0.0372. The van der Waals surface area contributed by atoms with E-state index in [4.69, 9.17) is 4.74 Å². The second-order valence-corrected chi connectivity index (χ2v) is 10.7. The number of nitriles is 1. The monoisotopic (exact) mass is 564 g/mol. The lowest BCUT2D eigenvalue weighted by Gasteiger charge is -2.38. The van der Waals surface area contributed by atoms with Crippen LogP contribution >= 0.6 is 15.9 Å². The average Bonchev–Trinajstić information content (AvgIpc) is 2.97. The van der Waals surface area contributed by atoms with Crippen molar-refractivity contribution in [3.05, 3.63) is 118 Å². The van der Waals surface area contributed by atoms with Crippen molar-refractivity contribution in [3.8, 4) is 11.8 Å². The average molecular weight is 566 g/mol. The zero-order valence-corrected chi connectivity index (χ0v) is 23.1. The Morgan fingerprint density at radius 2 is 1.66 bits per heavy atom. The normalized spacial score (nSPS) is 15.7. The first-order valence-electron chi connectivity index (χ1n) is 12.7. The van der Waals surface area contributed by atoms with Crippen molar-refractivity contribution in [1.82, 2.24) is 4.90 Å². The van der Waals surface area contributed by atoms with Gasteiger partial charge in [0, 0.05) is 29.0 Å². The fourth-order valence-electron chi connectivity index (χ4n) is 5.54. The molecule has 4 nitrogen and oxygen atoms in total. The van der Waals surface area contributed by atoms with Crippen LogP contribution in [0.4, 0.5) is 0 Å². The van der Waals surface area contributed by atoms with E-state index in [1.54, 1.807) is 14.0 Å². The summed E-state index contributed by atoms with van der Waals surface area (Å²) >= 11 is 3.49. The predicted octanol–water partition coefficient (Wildman–Crippen LogP) is 7.59. The quantitative estimate of drug-likeness (QED) is 0.242. The van der Waals surface area contributed by atoms with E-state index in [9.17, 15) is 10.1 Å².